The fraction of sp³-hybridized carbons (Fsp3) is 0.375. The van der Waals surface area contributed by atoms with Crippen molar-refractivity contribution in [3.8, 4) is 6.07 Å². The molecule has 36 heavy (non-hydrogen) atoms. The van der Waals surface area contributed by atoms with Crippen molar-refractivity contribution < 1.29 is 22.0 Å². The van der Waals surface area contributed by atoms with E-state index in [1.54, 1.807) is 11.8 Å². The Morgan fingerprint density at radius 2 is 1.86 bits per heavy atom. The summed E-state index contributed by atoms with van der Waals surface area (Å²) >= 11 is 0. The van der Waals surface area contributed by atoms with E-state index in [9.17, 15) is 32.0 Å². The number of piperidine rings is 1. The van der Waals surface area contributed by atoms with E-state index in [0.717, 1.165) is 12.1 Å². The lowest BCUT2D eigenvalue weighted by Crippen LogP contribution is -2.42. The van der Waals surface area contributed by atoms with Crippen molar-refractivity contribution in [2.75, 3.05) is 29.0 Å². The molecule has 4 rings (SSSR count). The van der Waals surface area contributed by atoms with Gasteiger partial charge in [0.2, 0.25) is 0 Å². The molecule has 1 saturated heterocycles. The monoisotopic (exact) mass is 506 g/mol. The van der Waals surface area contributed by atoms with Crippen LogP contribution in [0.15, 0.2) is 35.3 Å². The first kappa shape index (κ1) is 25.2. The molecule has 3 N–H and O–H groups in total. The molecule has 1 aliphatic rings. The molecule has 1 aliphatic heterocycles. The number of pyridine rings is 2. The average molecular weight is 506 g/mol. The molecule has 0 amide bonds. The van der Waals surface area contributed by atoms with E-state index in [-0.39, 0.29) is 46.9 Å². The zero-order valence-electron chi connectivity index (χ0n) is 19.5. The van der Waals surface area contributed by atoms with Gasteiger partial charge in [0.05, 0.1) is 22.7 Å². The largest absolute Gasteiger partial charge is 0.416 e. The smallest absolute Gasteiger partial charge is 0.399 e. The topological polar surface area (TPSA) is 100.0 Å². The highest BCUT2D eigenvalue weighted by molar-refractivity contribution is 5.95. The van der Waals surface area contributed by atoms with Crippen LogP contribution in [0.4, 0.5) is 39.1 Å². The number of nitrogen functional groups attached to an aromatic ring is 1. The van der Waals surface area contributed by atoms with Gasteiger partial charge in [-0.1, -0.05) is 0 Å². The Hall–Kier alpha value is -3.88. The second kappa shape index (κ2) is 8.96. The molecular weight excluding hydrogens is 483 g/mol. The van der Waals surface area contributed by atoms with Gasteiger partial charge in [-0.2, -0.15) is 18.4 Å². The van der Waals surface area contributed by atoms with Crippen LogP contribution in [0.2, 0.25) is 0 Å². The lowest BCUT2D eigenvalue weighted by molar-refractivity contribution is -0.137. The maximum atomic E-state index is 13.7. The van der Waals surface area contributed by atoms with Crippen molar-refractivity contribution in [1.82, 2.24) is 9.55 Å². The van der Waals surface area contributed by atoms with E-state index in [4.69, 9.17) is 5.73 Å². The first-order valence-corrected chi connectivity index (χ1v) is 11.1. The van der Waals surface area contributed by atoms with Gasteiger partial charge in [-0.15, -0.1) is 0 Å². The van der Waals surface area contributed by atoms with Crippen LogP contribution in [0, 0.1) is 11.3 Å². The maximum absolute atomic E-state index is 13.7. The number of aromatic nitrogens is 2. The fourth-order valence-electron chi connectivity index (χ4n) is 4.36. The number of rotatable bonds is 4. The molecule has 0 bridgehead atoms. The Kier molecular flexibility index (Phi) is 6.28. The van der Waals surface area contributed by atoms with Gasteiger partial charge in [0.1, 0.15) is 17.6 Å². The third kappa shape index (κ3) is 4.78. The summed E-state index contributed by atoms with van der Waals surface area (Å²) in [4.78, 5) is 18.9. The average Bonchev–Trinajstić information content (AvgIpc) is 2.80. The highest BCUT2D eigenvalue weighted by atomic mass is 19.4. The molecule has 0 saturated carbocycles. The number of anilines is 3. The van der Waals surface area contributed by atoms with Crippen LogP contribution in [0.1, 0.15) is 42.5 Å². The van der Waals surface area contributed by atoms with Gasteiger partial charge in [0, 0.05) is 50.2 Å². The summed E-state index contributed by atoms with van der Waals surface area (Å²) < 4.78 is 68.5. The molecule has 190 valence electrons. The van der Waals surface area contributed by atoms with Crippen molar-refractivity contribution in [3.05, 3.63) is 57.5 Å². The van der Waals surface area contributed by atoms with Gasteiger partial charge >= 0.3 is 6.18 Å². The van der Waals surface area contributed by atoms with E-state index in [1.165, 1.54) is 29.9 Å². The van der Waals surface area contributed by atoms with E-state index in [2.05, 4.69) is 10.3 Å². The van der Waals surface area contributed by atoms with Crippen LogP contribution in [-0.4, -0.2) is 28.6 Å². The van der Waals surface area contributed by atoms with E-state index in [1.807, 2.05) is 6.07 Å². The van der Waals surface area contributed by atoms with Crippen LogP contribution < -0.4 is 21.5 Å². The Labute approximate surface area is 202 Å². The molecule has 0 spiro atoms. The van der Waals surface area contributed by atoms with Crippen LogP contribution >= 0.6 is 0 Å². The number of hydrogen-bond donors (Lipinski definition) is 2. The Bertz CT molecular complexity index is 1420. The molecule has 3 heterocycles. The Balaban J connectivity index is 1.80. The zero-order valence-corrected chi connectivity index (χ0v) is 19.5. The third-order valence-electron chi connectivity index (χ3n) is 6.34. The normalized spacial score (nSPS) is 16.6. The van der Waals surface area contributed by atoms with Crippen LogP contribution in [0.5, 0.6) is 0 Å². The number of nitrogens with zero attached hydrogens (tertiary/aromatic N) is 4. The minimum absolute atomic E-state index is 0.0260. The number of nitrogens with one attached hydrogen (secondary N) is 1. The lowest BCUT2D eigenvalue weighted by Gasteiger charge is -2.33. The van der Waals surface area contributed by atoms with Crippen LogP contribution in [0.3, 0.4) is 0 Å². The second-order valence-corrected chi connectivity index (χ2v) is 8.88. The molecule has 0 unspecified atom stereocenters. The predicted octanol–water partition coefficient (Wildman–Crippen LogP) is 4.81. The molecule has 1 fully saturated rings. The third-order valence-corrected chi connectivity index (χ3v) is 6.34. The number of nitrogens with two attached hydrogens (primary N) is 1. The van der Waals surface area contributed by atoms with Crippen molar-refractivity contribution in [1.29, 1.82) is 5.26 Å². The molecule has 1 atom stereocenters. The number of aryl methyl sites for hydroxylation is 1. The molecule has 2 aromatic heterocycles. The summed E-state index contributed by atoms with van der Waals surface area (Å²) in [7, 11) is 1.47. The van der Waals surface area contributed by atoms with Gasteiger partial charge in [-0.05, 0) is 36.8 Å². The van der Waals surface area contributed by atoms with E-state index < -0.39 is 42.1 Å². The summed E-state index contributed by atoms with van der Waals surface area (Å²) in [5.74, 6) is -2.59. The number of hydrogen-bond acceptors (Lipinski definition) is 6. The minimum atomic E-state index is -4.58. The number of nitriles is 1. The van der Waals surface area contributed by atoms with Crippen molar-refractivity contribution >= 4 is 28.1 Å². The van der Waals surface area contributed by atoms with Crippen LogP contribution in [0.25, 0.3) is 10.9 Å². The molecule has 1 aromatic carbocycles. The quantitative estimate of drug-likeness (QED) is 0.389. The highest BCUT2D eigenvalue weighted by Gasteiger charge is 2.35. The van der Waals surface area contributed by atoms with Gasteiger partial charge in [0.25, 0.3) is 11.5 Å². The number of fused-ring (bicyclic) bond motifs is 1. The standard InChI is InChI=1S/C24H23F5N6O/c1-13(14-7-16(24(27,28)29)9-17(31)8-14)33-21-18-10-19(35-5-3-23(25,26)4-6-35)22(36)34(2)20(18)15(11-30)12-32-21/h7-10,12-13H,3-6,31H2,1-2H3,(H,32,33)/t13-/m1/s1. The number of alkyl halides is 5. The van der Waals surface area contributed by atoms with E-state index >= 15 is 0 Å². The van der Waals surface area contributed by atoms with Gasteiger partial charge in [-0.25, -0.2) is 13.8 Å². The van der Waals surface area contributed by atoms with Crippen molar-refractivity contribution in [2.24, 2.45) is 7.05 Å². The fourth-order valence-corrected chi connectivity index (χ4v) is 4.36. The highest BCUT2D eigenvalue weighted by Crippen LogP contribution is 2.35. The number of benzene rings is 1. The molecule has 0 radical (unpaired) electrons. The zero-order chi connectivity index (χ0) is 26.4. The number of halogens is 5. The molecule has 12 heteroatoms. The first-order chi connectivity index (χ1) is 16.8. The summed E-state index contributed by atoms with van der Waals surface area (Å²) in [6.07, 6.45) is -4.12. The summed E-state index contributed by atoms with van der Waals surface area (Å²) in [5, 5.41) is 13.0. The summed E-state index contributed by atoms with van der Waals surface area (Å²) in [6, 6.07) is 6.03. The molecule has 7 nitrogen and oxygen atoms in total. The first-order valence-electron chi connectivity index (χ1n) is 11.1. The molecule has 0 aliphatic carbocycles. The van der Waals surface area contributed by atoms with Crippen molar-refractivity contribution in [2.45, 2.75) is 37.9 Å². The van der Waals surface area contributed by atoms with Crippen molar-refractivity contribution in [3.63, 3.8) is 0 Å². The lowest BCUT2D eigenvalue weighted by atomic mass is 10.0. The van der Waals surface area contributed by atoms with Crippen LogP contribution in [-0.2, 0) is 13.2 Å². The van der Waals surface area contributed by atoms with E-state index in [0.29, 0.717) is 5.39 Å². The Morgan fingerprint density at radius 1 is 1.19 bits per heavy atom. The Morgan fingerprint density at radius 3 is 2.47 bits per heavy atom. The van der Waals surface area contributed by atoms with Gasteiger partial charge < -0.3 is 20.5 Å². The SMILES string of the molecule is C[C@@H](Nc1ncc(C#N)c2c1cc(N1CCC(F)(F)CC1)c(=O)n2C)c1cc(N)cc(C(F)(F)F)c1. The minimum Gasteiger partial charge on any atom is -0.399 e. The van der Waals surface area contributed by atoms with Gasteiger partial charge in [-0.3, -0.25) is 4.79 Å². The molecular formula is C24H23F5N6O. The summed E-state index contributed by atoms with van der Waals surface area (Å²) in [6.45, 7) is 1.57. The van der Waals surface area contributed by atoms with Gasteiger partial charge in [0.15, 0.2) is 0 Å². The summed E-state index contributed by atoms with van der Waals surface area (Å²) in [5.41, 5.74) is 5.10. The predicted molar refractivity (Wildman–Crippen MR) is 126 cm³/mol. The maximum Gasteiger partial charge on any atom is 0.416 e. The molecule has 3 aromatic rings. The second-order valence-electron chi connectivity index (χ2n) is 8.88.